The zero-order valence-corrected chi connectivity index (χ0v) is 14.4. The van der Waals surface area contributed by atoms with Crippen LogP contribution in [0.4, 0.5) is 0 Å². The van der Waals surface area contributed by atoms with E-state index in [4.69, 9.17) is 0 Å². The van der Waals surface area contributed by atoms with Gasteiger partial charge in [0.2, 0.25) is 0 Å². The van der Waals surface area contributed by atoms with Crippen LogP contribution in [0.15, 0.2) is 36.4 Å². The minimum absolute atomic E-state index is 0.131. The van der Waals surface area contributed by atoms with Gasteiger partial charge in [0, 0.05) is 5.41 Å². The lowest BCUT2D eigenvalue weighted by Gasteiger charge is -2.43. The summed E-state index contributed by atoms with van der Waals surface area (Å²) in [6, 6.07) is 9.17. The molecule has 0 saturated heterocycles. The Labute approximate surface area is 151 Å². The fraction of sp³-hybridized carbons (Fsp3) is 0.350. The Kier molecular flexibility index (Phi) is 4.44. The van der Waals surface area contributed by atoms with Crippen molar-refractivity contribution in [1.29, 1.82) is 0 Å². The Balaban J connectivity index is 2.14. The lowest BCUT2D eigenvalue weighted by molar-refractivity contribution is -0.145. The fourth-order valence-corrected chi connectivity index (χ4v) is 4.18. The molecule has 1 aliphatic carbocycles. The first kappa shape index (κ1) is 17.9. The Bertz CT molecular complexity index is 793. The van der Waals surface area contributed by atoms with Crippen LogP contribution in [0.3, 0.4) is 0 Å². The second kappa shape index (κ2) is 6.44. The van der Waals surface area contributed by atoms with Gasteiger partial charge in [-0.2, -0.15) is 0 Å². The molecule has 0 aliphatic heterocycles. The summed E-state index contributed by atoms with van der Waals surface area (Å²) in [6.45, 7) is 1.88. The Morgan fingerprint density at radius 1 is 0.923 bits per heavy atom. The molecule has 138 valence electrons. The summed E-state index contributed by atoms with van der Waals surface area (Å²) in [6.07, 6.45) is 1.45. The molecule has 6 nitrogen and oxygen atoms in total. The van der Waals surface area contributed by atoms with Crippen LogP contribution in [0.25, 0.3) is 0 Å². The molecule has 0 bridgehead atoms. The molecule has 2 aromatic carbocycles. The second-order valence-corrected chi connectivity index (χ2v) is 7.15. The highest BCUT2D eigenvalue weighted by Gasteiger charge is 2.44. The summed E-state index contributed by atoms with van der Waals surface area (Å²) in [5.74, 6) is -2.38. The van der Waals surface area contributed by atoms with E-state index in [0.717, 1.165) is 11.1 Å². The van der Waals surface area contributed by atoms with E-state index in [0.29, 0.717) is 19.3 Å². The number of benzene rings is 2. The van der Waals surface area contributed by atoms with Crippen molar-refractivity contribution < 1.29 is 30.3 Å². The van der Waals surface area contributed by atoms with E-state index in [1.807, 2.05) is 6.92 Å². The maximum atomic E-state index is 11.5. The van der Waals surface area contributed by atoms with Crippen LogP contribution in [0, 0.1) is 11.8 Å². The normalized spacial score (nSPS) is 22.0. The van der Waals surface area contributed by atoms with Gasteiger partial charge >= 0.3 is 5.97 Å². The SMILES string of the molecule is CC1CC(c2ccc(O)c(O)c2)(c2ccc(O)c(O)c2)CCC1C(=O)O. The van der Waals surface area contributed by atoms with E-state index < -0.39 is 17.3 Å². The molecule has 5 N–H and O–H groups in total. The zero-order valence-electron chi connectivity index (χ0n) is 14.4. The van der Waals surface area contributed by atoms with Crippen molar-refractivity contribution in [2.45, 2.75) is 31.6 Å². The summed E-state index contributed by atoms with van der Waals surface area (Å²) in [5.41, 5.74) is 0.823. The predicted molar refractivity (Wildman–Crippen MR) is 94.5 cm³/mol. The molecule has 2 atom stereocenters. The third-order valence-electron chi connectivity index (χ3n) is 5.61. The molecular weight excluding hydrogens is 336 g/mol. The number of carboxylic acid groups (broad SMARTS) is 1. The lowest BCUT2D eigenvalue weighted by atomic mass is 9.60. The lowest BCUT2D eigenvalue weighted by Crippen LogP contribution is -2.39. The van der Waals surface area contributed by atoms with Crippen LogP contribution in [0.2, 0.25) is 0 Å². The monoisotopic (exact) mass is 358 g/mol. The minimum atomic E-state index is -0.826. The quantitative estimate of drug-likeness (QED) is 0.537. The van der Waals surface area contributed by atoms with Crippen molar-refractivity contribution in [2.75, 3.05) is 0 Å². The van der Waals surface area contributed by atoms with E-state index in [9.17, 15) is 30.3 Å². The standard InChI is InChI=1S/C20H22O6/c1-11-10-20(7-6-14(11)19(25)26,12-2-4-15(21)17(23)8-12)13-3-5-16(22)18(24)9-13/h2-5,8-9,11,14,21-24H,6-7,10H2,1H3,(H,25,26). The van der Waals surface area contributed by atoms with Crippen molar-refractivity contribution in [2.24, 2.45) is 11.8 Å². The summed E-state index contributed by atoms with van der Waals surface area (Å²) in [7, 11) is 0. The van der Waals surface area contributed by atoms with E-state index in [2.05, 4.69) is 0 Å². The second-order valence-electron chi connectivity index (χ2n) is 7.15. The molecule has 26 heavy (non-hydrogen) atoms. The van der Waals surface area contributed by atoms with Crippen LogP contribution in [-0.4, -0.2) is 31.5 Å². The molecule has 0 heterocycles. The fourth-order valence-electron chi connectivity index (χ4n) is 4.18. The van der Waals surface area contributed by atoms with Gasteiger partial charge in [-0.25, -0.2) is 0 Å². The molecule has 2 aromatic rings. The average Bonchev–Trinajstić information content (AvgIpc) is 2.59. The molecule has 0 aromatic heterocycles. The first-order valence-electron chi connectivity index (χ1n) is 8.52. The topological polar surface area (TPSA) is 118 Å². The van der Waals surface area contributed by atoms with Crippen LogP contribution in [-0.2, 0) is 10.2 Å². The number of carbonyl (C=O) groups is 1. The van der Waals surface area contributed by atoms with Crippen molar-refractivity contribution >= 4 is 5.97 Å². The Hall–Kier alpha value is -2.89. The number of phenolic OH excluding ortho intramolecular Hbond substituents is 4. The van der Waals surface area contributed by atoms with Gasteiger partial charge < -0.3 is 25.5 Å². The largest absolute Gasteiger partial charge is 0.504 e. The van der Waals surface area contributed by atoms with Gasteiger partial charge in [0.25, 0.3) is 0 Å². The van der Waals surface area contributed by atoms with Crippen molar-refractivity contribution in [3.63, 3.8) is 0 Å². The first-order valence-corrected chi connectivity index (χ1v) is 8.52. The van der Waals surface area contributed by atoms with Crippen molar-refractivity contribution in [1.82, 2.24) is 0 Å². The molecule has 1 fully saturated rings. The van der Waals surface area contributed by atoms with Crippen molar-refractivity contribution in [3.05, 3.63) is 47.5 Å². The molecule has 2 unspecified atom stereocenters. The maximum Gasteiger partial charge on any atom is 0.306 e. The van der Waals surface area contributed by atoms with E-state index >= 15 is 0 Å². The highest BCUT2D eigenvalue weighted by Crippen LogP contribution is 2.51. The van der Waals surface area contributed by atoms with E-state index in [1.54, 1.807) is 12.1 Å². The molecule has 1 saturated carbocycles. The third kappa shape index (κ3) is 2.92. The number of hydrogen-bond donors (Lipinski definition) is 5. The number of aliphatic carboxylic acids is 1. The van der Waals surface area contributed by atoms with Crippen LogP contribution in [0.5, 0.6) is 23.0 Å². The van der Waals surface area contributed by atoms with Crippen LogP contribution < -0.4 is 0 Å². The summed E-state index contributed by atoms with van der Waals surface area (Å²) in [5, 5.41) is 48.6. The summed E-state index contributed by atoms with van der Waals surface area (Å²) < 4.78 is 0. The number of rotatable bonds is 3. The van der Waals surface area contributed by atoms with Gasteiger partial charge in [-0.1, -0.05) is 19.1 Å². The smallest absolute Gasteiger partial charge is 0.306 e. The van der Waals surface area contributed by atoms with Gasteiger partial charge in [0.1, 0.15) is 0 Å². The van der Waals surface area contributed by atoms with Crippen LogP contribution in [0.1, 0.15) is 37.3 Å². The number of carboxylic acids is 1. The number of aromatic hydroxyl groups is 4. The first-order chi connectivity index (χ1) is 12.2. The molecule has 1 aliphatic rings. The van der Waals surface area contributed by atoms with E-state index in [1.165, 1.54) is 24.3 Å². The molecule has 6 heteroatoms. The highest BCUT2D eigenvalue weighted by molar-refractivity contribution is 5.70. The third-order valence-corrected chi connectivity index (χ3v) is 5.61. The minimum Gasteiger partial charge on any atom is -0.504 e. The van der Waals surface area contributed by atoms with Gasteiger partial charge in [0.15, 0.2) is 23.0 Å². The summed E-state index contributed by atoms with van der Waals surface area (Å²) in [4.78, 5) is 11.5. The average molecular weight is 358 g/mol. The Morgan fingerprint density at radius 3 is 1.81 bits per heavy atom. The predicted octanol–water partition coefficient (Wildman–Crippen LogP) is 3.32. The van der Waals surface area contributed by atoms with Gasteiger partial charge in [-0.05, 0) is 60.6 Å². The van der Waals surface area contributed by atoms with Crippen molar-refractivity contribution in [3.8, 4) is 23.0 Å². The molecule has 0 spiro atoms. The summed E-state index contributed by atoms with van der Waals surface area (Å²) >= 11 is 0. The molecular formula is C20H22O6. The van der Waals surface area contributed by atoms with Gasteiger partial charge in [-0.15, -0.1) is 0 Å². The number of phenols is 4. The van der Waals surface area contributed by atoms with Crippen LogP contribution >= 0.6 is 0 Å². The molecule has 3 rings (SSSR count). The maximum absolute atomic E-state index is 11.5. The van der Waals surface area contributed by atoms with E-state index in [-0.39, 0.29) is 28.9 Å². The van der Waals surface area contributed by atoms with Gasteiger partial charge in [0.05, 0.1) is 5.92 Å². The van der Waals surface area contributed by atoms with Gasteiger partial charge in [-0.3, -0.25) is 4.79 Å². The highest BCUT2D eigenvalue weighted by atomic mass is 16.4. The Morgan fingerprint density at radius 2 is 1.42 bits per heavy atom. The molecule has 0 radical (unpaired) electrons. The zero-order chi connectivity index (χ0) is 19.1. The molecule has 0 amide bonds. The number of hydrogen-bond acceptors (Lipinski definition) is 5.